The van der Waals surface area contributed by atoms with Gasteiger partial charge in [-0.2, -0.15) is 0 Å². The van der Waals surface area contributed by atoms with Crippen molar-refractivity contribution in [3.8, 4) is 0 Å². The Morgan fingerprint density at radius 1 is 1.56 bits per heavy atom. The molecule has 0 radical (unpaired) electrons. The van der Waals surface area contributed by atoms with Crippen LogP contribution in [0.5, 0.6) is 0 Å². The fraction of sp³-hybridized carbons (Fsp3) is 0.364. The molecule has 1 aromatic carbocycles. The molecule has 0 saturated carbocycles. The van der Waals surface area contributed by atoms with Gasteiger partial charge >= 0.3 is 0 Å². The molecule has 0 spiro atoms. The van der Waals surface area contributed by atoms with Gasteiger partial charge in [0.2, 0.25) is 5.91 Å². The molecule has 3 N–H and O–H groups in total. The molecule has 0 bridgehead atoms. The molecule has 1 amide bonds. The Morgan fingerprint density at radius 2 is 2.31 bits per heavy atom. The largest absolute Gasteiger partial charge is 0.379 e. The zero-order valence-corrected chi connectivity index (χ0v) is 10.3. The molecule has 1 aliphatic heterocycles. The molecule has 2 rings (SSSR count). The van der Waals surface area contributed by atoms with Crippen molar-refractivity contribution in [2.45, 2.75) is 11.8 Å². The molecular weight excluding hydrogens is 272 g/mol. The van der Waals surface area contributed by atoms with E-state index in [0.717, 1.165) is 10.0 Å². The highest BCUT2D eigenvalue weighted by molar-refractivity contribution is 9.10. The van der Waals surface area contributed by atoms with Gasteiger partial charge in [-0.15, -0.1) is 0 Å². The van der Waals surface area contributed by atoms with Crippen LogP contribution in [0, 0.1) is 0 Å². The van der Waals surface area contributed by atoms with Gasteiger partial charge in [0.1, 0.15) is 0 Å². The lowest BCUT2D eigenvalue weighted by Gasteiger charge is -2.41. The summed E-state index contributed by atoms with van der Waals surface area (Å²) in [5, 5.41) is 0. The topological polar surface area (TPSA) is 64.3 Å². The molecule has 5 heteroatoms. The summed E-state index contributed by atoms with van der Waals surface area (Å²) in [6.07, 6.45) is 0.361. The molecule has 0 atom stereocenters. The van der Waals surface area contributed by atoms with Gasteiger partial charge in [-0.25, -0.2) is 5.84 Å². The molecule has 16 heavy (non-hydrogen) atoms. The van der Waals surface area contributed by atoms with Crippen molar-refractivity contribution in [3.63, 3.8) is 0 Å². The van der Waals surface area contributed by atoms with Gasteiger partial charge in [-0.05, 0) is 17.7 Å². The molecule has 1 aliphatic rings. The Balaban J connectivity index is 2.24. The molecule has 0 aromatic heterocycles. The van der Waals surface area contributed by atoms with Crippen LogP contribution in [0.1, 0.15) is 12.0 Å². The van der Waals surface area contributed by atoms with Crippen LogP contribution in [-0.4, -0.2) is 19.1 Å². The highest BCUT2D eigenvalue weighted by Crippen LogP contribution is 2.36. The minimum atomic E-state index is -0.215. The maximum atomic E-state index is 11.4. The quantitative estimate of drug-likeness (QED) is 0.496. The second-order valence-corrected chi connectivity index (χ2v) is 4.94. The zero-order valence-electron chi connectivity index (χ0n) is 8.70. The van der Waals surface area contributed by atoms with E-state index < -0.39 is 0 Å². The predicted octanol–water partition coefficient (Wildman–Crippen LogP) is 1.10. The van der Waals surface area contributed by atoms with Crippen LogP contribution in [0.25, 0.3) is 0 Å². The van der Waals surface area contributed by atoms with E-state index in [9.17, 15) is 4.79 Å². The number of hydrogen-bond donors (Lipinski definition) is 2. The standard InChI is InChI=1S/C11H13BrN2O2/c12-9-3-1-2-8(4-9)11(6-16-7-11)5-10(15)14-13/h1-4H,5-7,13H2,(H,14,15). The molecule has 1 heterocycles. The first-order valence-electron chi connectivity index (χ1n) is 4.99. The fourth-order valence-electron chi connectivity index (χ4n) is 1.90. The number of hydrogen-bond acceptors (Lipinski definition) is 3. The summed E-state index contributed by atoms with van der Waals surface area (Å²) in [4.78, 5) is 11.4. The Bertz CT molecular complexity index is 405. The van der Waals surface area contributed by atoms with Crippen molar-refractivity contribution in [1.82, 2.24) is 5.43 Å². The lowest BCUT2D eigenvalue weighted by Crippen LogP contribution is -2.50. The van der Waals surface area contributed by atoms with Crippen LogP contribution < -0.4 is 11.3 Å². The number of benzene rings is 1. The number of halogens is 1. The predicted molar refractivity (Wildman–Crippen MR) is 63.6 cm³/mol. The van der Waals surface area contributed by atoms with Crippen LogP contribution in [0.2, 0.25) is 0 Å². The van der Waals surface area contributed by atoms with Crippen molar-refractivity contribution < 1.29 is 9.53 Å². The number of hydrazine groups is 1. The van der Waals surface area contributed by atoms with E-state index in [1.807, 2.05) is 24.3 Å². The van der Waals surface area contributed by atoms with Crippen molar-refractivity contribution in [2.24, 2.45) is 5.84 Å². The average Bonchev–Trinajstić information content (AvgIpc) is 2.23. The first-order chi connectivity index (χ1) is 7.66. The monoisotopic (exact) mass is 284 g/mol. The van der Waals surface area contributed by atoms with E-state index in [-0.39, 0.29) is 11.3 Å². The lowest BCUT2D eigenvalue weighted by atomic mass is 9.76. The number of amides is 1. The van der Waals surface area contributed by atoms with Gasteiger partial charge < -0.3 is 4.74 Å². The number of carbonyl (C=O) groups excluding carboxylic acids is 1. The fourth-order valence-corrected chi connectivity index (χ4v) is 2.30. The van der Waals surface area contributed by atoms with E-state index in [2.05, 4.69) is 21.4 Å². The SMILES string of the molecule is NNC(=O)CC1(c2cccc(Br)c2)COC1. The molecule has 1 fully saturated rings. The third-order valence-electron chi connectivity index (χ3n) is 2.85. The second kappa shape index (κ2) is 4.53. The maximum absolute atomic E-state index is 11.4. The van der Waals surface area contributed by atoms with Crippen LogP contribution in [-0.2, 0) is 14.9 Å². The van der Waals surface area contributed by atoms with E-state index >= 15 is 0 Å². The normalized spacial score (nSPS) is 17.6. The van der Waals surface area contributed by atoms with Crippen molar-refractivity contribution in [1.29, 1.82) is 0 Å². The molecule has 4 nitrogen and oxygen atoms in total. The summed E-state index contributed by atoms with van der Waals surface area (Å²) in [6, 6.07) is 7.95. The zero-order chi connectivity index (χ0) is 11.6. The van der Waals surface area contributed by atoms with Gasteiger partial charge in [0.25, 0.3) is 0 Å². The van der Waals surface area contributed by atoms with Crippen molar-refractivity contribution >= 4 is 21.8 Å². The molecule has 1 aromatic rings. The van der Waals surface area contributed by atoms with Gasteiger partial charge in [0, 0.05) is 10.9 Å². The van der Waals surface area contributed by atoms with Gasteiger partial charge in [0.15, 0.2) is 0 Å². The lowest BCUT2D eigenvalue weighted by molar-refractivity contribution is -0.129. The Kier molecular flexibility index (Phi) is 3.28. The summed E-state index contributed by atoms with van der Waals surface area (Å²) < 4.78 is 6.25. The Morgan fingerprint density at radius 3 is 2.81 bits per heavy atom. The van der Waals surface area contributed by atoms with E-state index in [1.54, 1.807) is 0 Å². The van der Waals surface area contributed by atoms with Crippen molar-refractivity contribution in [3.05, 3.63) is 34.3 Å². The van der Waals surface area contributed by atoms with E-state index in [4.69, 9.17) is 10.6 Å². The number of carbonyl (C=O) groups is 1. The molecule has 1 saturated heterocycles. The third kappa shape index (κ3) is 2.11. The van der Waals surface area contributed by atoms with Crippen LogP contribution >= 0.6 is 15.9 Å². The number of nitrogens with two attached hydrogens (primary N) is 1. The van der Waals surface area contributed by atoms with Gasteiger partial charge in [-0.1, -0.05) is 28.1 Å². The van der Waals surface area contributed by atoms with Crippen LogP contribution in [0.4, 0.5) is 0 Å². The first kappa shape index (κ1) is 11.6. The van der Waals surface area contributed by atoms with Crippen LogP contribution in [0.15, 0.2) is 28.7 Å². The number of ether oxygens (including phenoxy) is 1. The number of rotatable bonds is 3. The van der Waals surface area contributed by atoms with E-state index in [1.165, 1.54) is 0 Å². The highest BCUT2D eigenvalue weighted by atomic mass is 79.9. The third-order valence-corrected chi connectivity index (χ3v) is 3.35. The van der Waals surface area contributed by atoms with E-state index in [0.29, 0.717) is 19.6 Å². The average molecular weight is 285 g/mol. The highest BCUT2D eigenvalue weighted by Gasteiger charge is 2.42. The summed E-state index contributed by atoms with van der Waals surface area (Å²) >= 11 is 3.43. The molecule has 0 unspecified atom stereocenters. The Labute approximate surface area is 102 Å². The molecule has 0 aliphatic carbocycles. The second-order valence-electron chi connectivity index (χ2n) is 4.03. The minimum absolute atomic E-state index is 0.164. The van der Waals surface area contributed by atoms with Crippen LogP contribution in [0.3, 0.4) is 0 Å². The van der Waals surface area contributed by atoms with Gasteiger partial charge in [0.05, 0.1) is 18.6 Å². The smallest absolute Gasteiger partial charge is 0.234 e. The summed E-state index contributed by atoms with van der Waals surface area (Å²) in [7, 11) is 0. The van der Waals surface area contributed by atoms with Crippen molar-refractivity contribution in [2.75, 3.05) is 13.2 Å². The molecule has 86 valence electrons. The first-order valence-corrected chi connectivity index (χ1v) is 5.79. The molecular formula is C11H13BrN2O2. The maximum Gasteiger partial charge on any atom is 0.234 e. The summed E-state index contributed by atoms with van der Waals surface area (Å²) in [5.74, 6) is 4.95. The minimum Gasteiger partial charge on any atom is -0.379 e. The summed E-state index contributed by atoms with van der Waals surface area (Å²) in [6.45, 7) is 1.13. The summed E-state index contributed by atoms with van der Waals surface area (Å²) in [5.41, 5.74) is 3.06. The van der Waals surface area contributed by atoms with Gasteiger partial charge in [-0.3, -0.25) is 10.2 Å². The Hall–Kier alpha value is -0.910. The number of nitrogens with one attached hydrogen (secondary N) is 1.